The zero-order valence-electron chi connectivity index (χ0n) is 12.3. The molecule has 0 amide bonds. The number of aromatic nitrogens is 2. The molecule has 9 nitrogen and oxygen atoms in total. The molecule has 130 valence electrons. The summed E-state index contributed by atoms with van der Waals surface area (Å²) >= 11 is 3.19. The number of rotatable bonds is 7. The van der Waals surface area contributed by atoms with E-state index in [-0.39, 0.29) is 29.8 Å². The minimum Gasteiger partial charge on any atom is -0.447 e. The summed E-state index contributed by atoms with van der Waals surface area (Å²) in [6.07, 6.45) is 0.256. The molecule has 0 bridgehead atoms. The number of aliphatic hydroxyl groups excluding tert-OH is 2. The van der Waals surface area contributed by atoms with E-state index >= 15 is 0 Å². The average Bonchev–Trinajstić information content (AvgIpc) is 2.50. The molecule has 0 saturated carbocycles. The number of nitrogens with zero attached hydrogens (tertiary/aromatic N) is 2. The highest BCUT2D eigenvalue weighted by Crippen LogP contribution is 2.25. The lowest BCUT2D eigenvalue weighted by Gasteiger charge is -2.13. The third-order valence-electron chi connectivity index (χ3n) is 2.77. The lowest BCUT2D eigenvalue weighted by atomic mass is 10.3. The van der Waals surface area contributed by atoms with Crippen LogP contribution in [-0.4, -0.2) is 41.5 Å². The fourth-order valence-electron chi connectivity index (χ4n) is 1.65. The van der Waals surface area contributed by atoms with E-state index in [1.807, 2.05) is 0 Å². The summed E-state index contributed by atoms with van der Waals surface area (Å²) in [6, 6.07) is 5.70. The molecule has 24 heavy (non-hydrogen) atoms. The van der Waals surface area contributed by atoms with Crippen LogP contribution in [0.1, 0.15) is 6.42 Å². The second-order valence-electron chi connectivity index (χ2n) is 4.63. The van der Waals surface area contributed by atoms with E-state index in [4.69, 9.17) is 15.0 Å². The van der Waals surface area contributed by atoms with Gasteiger partial charge in [-0.05, 0) is 40.2 Å². The number of hydrogen-bond acceptors (Lipinski definition) is 8. The Morgan fingerprint density at radius 3 is 2.58 bits per heavy atom. The van der Waals surface area contributed by atoms with Crippen LogP contribution in [0.3, 0.4) is 0 Å². The first-order chi connectivity index (χ1) is 11.3. The second kappa shape index (κ2) is 7.85. The van der Waals surface area contributed by atoms with E-state index in [2.05, 4.69) is 31.2 Å². The molecule has 1 aromatic heterocycles. The minimum absolute atomic E-state index is 0.0130. The van der Waals surface area contributed by atoms with Gasteiger partial charge in [-0.15, -0.1) is 0 Å². The Bertz CT molecular complexity index is 801. The summed E-state index contributed by atoms with van der Waals surface area (Å²) < 4.78 is 28.0. The van der Waals surface area contributed by atoms with E-state index in [0.717, 1.165) is 0 Å². The molecule has 0 aliphatic rings. The maximum atomic E-state index is 11.2. The number of anilines is 2. The van der Waals surface area contributed by atoms with Gasteiger partial charge < -0.3 is 20.3 Å². The van der Waals surface area contributed by atoms with Crippen molar-refractivity contribution in [2.24, 2.45) is 5.14 Å². The first kappa shape index (κ1) is 18.5. The van der Waals surface area contributed by atoms with Gasteiger partial charge in [0.1, 0.15) is 0 Å². The molecule has 5 N–H and O–H groups in total. The third-order valence-corrected chi connectivity index (χ3v) is 4.25. The zero-order chi connectivity index (χ0) is 17.7. The molecule has 1 aromatic carbocycles. The standard InChI is InChI=1S/C13H15BrN4O5S/c14-10-7-16-13(18-12(10)23-11(20)5-6-19)17-8-1-3-9(4-2-8)24(15,21)22/h1-4,7,11,19-20H,5-6H2,(H2,15,21,22)(H,16,17,18). The lowest BCUT2D eigenvalue weighted by molar-refractivity contribution is -0.0360. The molecule has 1 heterocycles. The smallest absolute Gasteiger partial charge is 0.238 e. The van der Waals surface area contributed by atoms with Gasteiger partial charge in [0.2, 0.25) is 28.1 Å². The second-order valence-corrected chi connectivity index (χ2v) is 7.04. The number of aliphatic hydroxyl groups is 2. The van der Waals surface area contributed by atoms with Gasteiger partial charge >= 0.3 is 0 Å². The lowest BCUT2D eigenvalue weighted by Crippen LogP contribution is -2.18. The molecule has 2 aromatic rings. The number of benzene rings is 1. The predicted molar refractivity (Wildman–Crippen MR) is 89.2 cm³/mol. The van der Waals surface area contributed by atoms with Crippen molar-refractivity contribution in [3.8, 4) is 5.88 Å². The summed E-state index contributed by atoms with van der Waals surface area (Å²) in [6.45, 7) is -0.231. The largest absolute Gasteiger partial charge is 0.447 e. The van der Waals surface area contributed by atoms with Crippen LogP contribution >= 0.6 is 15.9 Å². The van der Waals surface area contributed by atoms with Gasteiger partial charge in [0, 0.05) is 18.7 Å². The van der Waals surface area contributed by atoms with Crippen molar-refractivity contribution in [1.82, 2.24) is 9.97 Å². The number of nitrogens with two attached hydrogens (primary N) is 1. The van der Waals surface area contributed by atoms with Crippen LogP contribution in [0, 0.1) is 0 Å². The number of halogens is 1. The van der Waals surface area contributed by atoms with Crippen LogP contribution in [0.4, 0.5) is 11.6 Å². The molecular formula is C13H15BrN4O5S. The molecule has 11 heteroatoms. The molecule has 0 saturated heterocycles. The summed E-state index contributed by atoms with van der Waals surface area (Å²) in [5.74, 6) is 0.266. The van der Waals surface area contributed by atoms with Gasteiger partial charge in [0.05, 0.1) is 15.6 Å². The van der Waals surface area contributed by atoms with Crippen LogP contribution in [0.15, 0.2) is 39.8 Å². The monoisotopic (exact) mass is 418 g/mol. The number of sulfonamides is 1. The maximum Gasteiger partial charge on any atom is 0.238 e. The first-order valence-corrected chi connectivity index (χ1v) is 9.01. The van der Waals surface area contributed by atoms with Gasteiger partial charge in [-0.25, -0.2) is 18.5 Å². The molecule has 0 fully saturated rings. The predicted octanol–water partition coefficient (Wildman–Crippen LogP) is 0.710. The van der Waals surface area contributed by atoms with Crippen LogP contribution in [0.5, 0.6) is 5.88 Å². The van der Waals surface area contributed by atoms with E-state index < -0.39 is 16.3 Å². The van der Waals surface area contributed by atoms with Gasteiger partial charge in [-0.2, -0.15) is 4.98 Å². The van der Waals surface area contributed by atoms with Crippen molar-refractivity contribution in [2.45, 2.75) is 17.6 Å². The molecule has 0 radical (unpaired) electrons. The number of hydrogen-bond donors (Lipinski definition) is 4. The normalized spacial score (nSPS) is 12.7. The van der Waals surface area contributed by atoms with Crippen LogP contribution in [0.2, 0.25) is 0 Å². The summed E-state index contributed by atoms with van der Waals surface area (Å²) in [4.78, 5) is 8.11. The highest BCUT2D eigenvalue weighted by Gasteiger charge is 2.12. The molecular weight excluding hydrogens is 404 g/mol. The van der Waals surface area contributed by atoms with Crippen molar-refractivity contribution >= 4 is 37.6 Å². The number of nitrogens with one attached hydrogen (secondary N) is 1. The van der Waals surface area contributed by atoms with Crippen LogP contribution < -0.4 is 15.2 Å². The molecule has 0 aliphatic carbocycles. The van der Waals surface area contributed by atoms with E-state index in [0.29, 0.717) is 10.2 Å². The molecule has 0 spiro atoms. The van der Waals surface area contributed by atoms with Crippen molar-refractivity contribution in [3.05, 3.63) is 34.9 Å². The maximum absolute atomic E-state index is 11.2. The van der Waals surface area contributed by atoms with Crippen molar-refractivity contribution < 1.29 is 23.4 Å². The average molecular weight is 419 g/mol. The van der Waals surface area contributed by atoms with E-state index in [1.165, 1.54) is 30.5 Å². The molecule has 1 unspecified atom stereocenters. The molecule has 2 rings (SSSR count). The van der Waals surface area contributed by atoms with Gasteiger partial charge in [-0.1, -0.05) is 0 Å². The van der Waals surface area contributed by atoms with Gasteiger partial charge in [-0.3, -0.25) is 0 Å². The quantitative estimate of drug-likeness (QED) is 0.480. The van der Waals surface area contributed by atoms with E-state index in [9.17, 15) is 13.5 Å². The summed E-state index contributed by atoms with van der Waals surface area (Å²) in [5, 5.41) is 26.2. The molecule has 0 aliphatic heterocycles. The summed E-state index contributed by atoms with van der Waals surface area (Å²) in [5.41, 5.74) is 0.534. The van der Waals surface area contributed by atoms with Crippen molar-refractivity contribution in [2.75, 3.05) is 11.9 Å². The Hall–Kier alpha value is -1.79. The Morgan fingerprint density at radius 1 is 1.33 bits per heavy atom. The Kier molecular flexibility index (Phi) is 6.07. The van der Waals surface area contributed by atoms with Crippen molar-refractivity contribution in [1.29, 1.82) is 0 Å². The zero-order valence-corrected chi connectivity index (χ0v) is 14.7. The minimum atomic E-state index is -3.76. The topological polar surface area (TPSA) is 148 Å². The Morgan fingerprint density at radius 2 is 2.00 bits per heavy atom. The number of primary sulfonamides is 1. The van der Waals surface area contributed by atoms with Crippen LogP contribution in [0.25, 0.3) is 0 Å². The van der Waals surface area contributed by atoms with Crippen molar-refractivity contribution in [3.63, 3.8) is 0 Å². The first-order valence-electron chi connectivity index (χ1n) is 6.67. The van der Waals surface area contributed by atoms with Crippen LogP contribution in [-0.2, 0) is 10.0 Å². The number of ether oxygens (including phenoxy) is 1. The highest BCUT2D eigenvalue weighted by molar-refractivity contribution is 9.10. The van der Waals surface area contributed by atoms with Gasteiger partial charge in [0.25, 0.3) is 0 Å². The van der Waals surface area contributed by atoms with E-state index in [1.54, 1.807) is 0 Å². The Balaban J connectivity index is 2.15. The Labute approximate surface area is 146 Å². The van der Waals surface area contributed by atoms with Gasteiger partial charge in [0.15, 0.2) is 0 Å². The fraction of sp³-hybridized carbons (Fsp3) is 0.231. The third kappa shape index (κ3) is 5.11. The molecule has 1 atom stereocenters. The highest BCUT2D eigenvalue weighted by atomic mass is 79.9. The summed E-state index contributed by atoms with van der Waals surface area (Å²) in [7, 11) is -3.76. The SMILES string of the molecule is NS(=O)(=O)c1ccc(Nc2ncc(Br)c(OC(O)CCO)n2)cc1. The fourth-order valence-corrected chi connectivity index (χ4v) is 2.45.